The van der Waals surface area contributed by atoms with Crippen LogP contribution in [0.2, 0.25) is 0 Å². The number of piperidine rings is 1. The second kappa shape index (κ2) is 9.97. The minimum absolute atomic E-state index is 0.0449. The lowest BCUT2D eigenvalue weighted by Gasteiger charge is -2.36. The number of rotatable bonds is 7. The zero-order chi connectivity index (χ0) is 25.3. The van der Waals surface area contributed by atoms with Crippen LogP contribution in [-0.2, 0) is 25.9 Å². The van der Waals surface area contributed by atoms with Crippen LogP contribution < -0.4 is 5.32 Å². The fourth-order valence-electron chi connectivity index (χ4n) is 4.97. The quantitative estimate of drug-likeness (QED) is 0.514. The Hall–Kier alpha value is -2.72. The van der Waals surface area contributed by atoms with Gasteiger partial charge in [0.05, 0.1) is 18.1 Å². The molecular weight excluding hydrogens is 480 g/mol. The molecule has 8 nitrogen and oxygen atoms in total. The average molecular weight is 513 g/mol. The van der Waals surface area contributed by atoms with Crippen molar-refractivity contribution in [3.63, 3.8) is 0 Å². The number of nitrogens with zero attached hydrogens (tertiary/aromatic N) is 1. The van der Waals surface area contributed by atoms with Crippen molar-refractivity contribution in [2.75, 3.05) is 26.3 Å². The predicted molar refractivity (Wildman–Crippen MR) is 135 cm³/mol. The van der Waals surface area contributed by atoms with Gasteiger partial charge in [-0.2, -0.15) is 4.31 Å². The summed E-state index contributed by atoms with van der Waals surface area (Å²) >= 11 is 0. The van der Waals surface area contributed by atoms with E-state index in [4.69, 9.17) is 13.9 Å². The molecule has 2 aliphatic rings. The highest BCUT2D eigenvalue weighted by Crippen LogP contribution is 2.34. The Morgan fingerprint density at radius 3 is 2.47 bits per heavy atom. The number of hydrogen-bond acceptors (Lipinski definition) is 6. The Morgan fingerprint density at radius 2 is 1.78 bits per heavy atom. The minimum Gasteiger partial charge on any atom is -0.451 e. The van der Waals surface area contributed by atoms with Crippen LogP contribution in [0.4, 0.5) is 0 Å². The lowest BCUT2D eigenvalue weighted by atomic mass is 10.1. The molecule has 0 bridgehead atoms. The largest absolute Gasteiger partial charge is 0.451 e. The Kier molecular flexibility index (Phi) is 6.91. The van der Waals surface area contributed by atoms with Gasteiger partial charge in [0, 0.05) is 42.9 Å². The average Bonchev–Trinajstić information content (AvgIpc) is 3.47. The molecule has 36 heavy (non-hydrogen) atoms. The molecule has 0 saturated carbocycles. The van der Waals surface area contributed by atoms with E-state index in [9.17, 15) is 13.2 Å². The maximum Gasteiger partial charge on any atom is 0.287 e. The molecule has 2 aliphatic heterocycles. The molecule has 0 unspecified atom stereocenters. The number of benzene rings is 2. The third-order valence-electron chi connectivity index (χ3n) is 7.14. The van der Waals surface area contributed by atoms with Gasteiger partial charge in [0.1, 0.15) is 5.58 Å². The van der Waals surface area contributed by atoms with Crippen LogP contribution in [0.15, 0.2) is 57.8 Å². The first-order chi connectivity index (χ1) is 17.3. The summed E-state index contributed by atoms with van der Waals surface area (Å²) in [5, 5.41) is 3.63. The predicted octanol–water partition coefficient (Wildman–Crippen LogP) is 4.02. The number of furan rings is 1. The van der Waals surface area contributed by atoms with Crippen molar-refractivity contribution in [2.45, 2.75) is 56.3 Å². The first kappa shape index (κ1) is 25.0. The first-order valence-corrected chi connectivity index (χ1v) is 13.9. The first-order valence-electron chi connectivity index (χ1n) is 12.4. The zero-order valence-electron chi connectivity index (χ0n) is 20.7. The van der Waals surface area contributed by atoms with Crippen molar-refractivity contribution < 1.29 is 27.1 Å². The van der Waals surface area contributed by atoms with E-state index in [-0.39, 0.29) is 22.6 Å². The molecule has 1 amide bonds. The molecule has 2 aromatic carbocycles. The molecule has 0 aliphatic carbocycles. The Labute approximate surface area is 211 Å². The molecule has 1 spiro atoms. The van der Waals surface area contributed by atoms with E-state index in [1.165, 1.54) is 15.9 Å². The summed E-state index contributed by atoms with van der Waals surface area (Å²) in [5.41, 5.74) is 2.33. The number of fused-ring (bicyclic) bond motifs is 1. The van der Waals surface area contributed by atoms with Crippen LogP contribution in [-0.4, -0.2) is 56.8 Å². The van der Waals surface area contributed by atoms with Crippen molar-refractivity contribution >= 4 is 26.9 Å². The number of hydrogen-bond donors (Lipinski definition) is 1. The highest BCUT2D eigenvalue weighted by atomic mass is 32.2. The van der Waals surface area contributed by atoms with E-state index in [0.29, 0.717) is 55.7 Å². The fourth-order valence-corrected chi connectivity index (χ4v) is 6.44. The van der Waals surface area contributed by atoms with Crippen LogP contribution in [0.5, 0.6) is 0 Å². The summed E-state index contributed by atoms with van der Waals surface area (Å²) < 4.78 is 45.5. The van der Waals surface area contributed by atoms with Crippen LogP contribution >= 0.6 is 0 Å². The van der Waals surface area contributed by atoms with Gasteiger partial charge in [0.15, 0.2) is 11.5 Å². The van der Waals surface area contributed by atoms with E-state index in [2.05, 4.69) is 17.4 Å². The van der Waals surface area contributed by atoms with Gasteiger partial charge in [-0.15, -0.1) is 0 Å². The smallest absolute Gasteiger partial charge is 0.287 e. The Morgan fingerprint density at radius 1 is 1.08 bits per heavy atom. The van der Waals surface area contributed by atoms with E-state index in [1.54, 1.807) is 19.1 Å². The zero-order valence-corrected chi connectivity index (χ0v) is 21.5. The summed E-state index contributed by atoms with van der Waals surface area (Å²) in [6.45, 7) is 5.51. The SMILES string of the molecule is Cc1c(C(=O)N[C@@H](C)CCc2ccccc2)oc2ccc(S(=O)(=O)N3CCC4(CC3)OCCO4)cc12. The van der Waals surface area contributed by atoms with Crippen LogP contribution in [0.1, 0.15) is 47.9 Å². The van der Waals surface area contributed by atoms with Gasteiger partial charge in [-0.3, -0.25) is 4.79 Å². The summed E-state index contributed by atoms with van der Waals surface area (Å²) in [7, 11) is -3.70. The molecule has 3 heterocycles. The summed E-state index contributed by atoms with van der Waals surface area (Å²) in [6, 6.07) is 14.9. The molecule has 192 valence electrons. The van der Waals surface area contributed by atoms with Gasteiger partial charge in [-0.05, 0) is 50.5 Å². The maximum absolute atomic E-state index is 13.4. The van der Waals surface area contributed by atoms with E-state index in [1.807, 2.05) is 25.1 Å². The van der Waals surface area contributed by atoms with Gasteiger partial charge in [-0.25, -0.2) is 8.42 Å². The van der Waals surface area contributed by atoms with Crippen LogP contribution in [0.3, 0.4) is 0 Å². The molecule has 3 aromatic rings. The number of sulfonamides is 1. The van der Waals surface area contributed by atoms with Crippen molar-refractivity contribution in [1.82, 2.24) is 9.62 Å². The van der Waals surface area contributed by atoms with Crippen LogP contribution in [0.25, 0.3) is 11.0 Å². The van der Waals surface area contributed by atoms with Crippen molar-refractivity contribution in [1.29, 1.82) is 0 Å². The molecule has 2 fully saturated rings. The normalized spacial score (nSPS) is 19.1. The number of carbonyl (C=O) groups excluding carboxylic acids is 1. The lowest BCUT2D eigenvalue weighted by molar-refractivity contribution is -0.179. The second-order valence-corrected chi connectivity index (χ2v) is 11.6. The number of nitrogens with one attached hydrogen (secondary N) is 1. The highest BCUT2D eigenvalue weighted by Gasteiger charge is 2.42. The topological polar surface area (TPSA) is 98.1 Å². The Balaban J connectivity index is 1.28. The Bertz CT molecular complexity index is 1340. The van der Waals surface area contributed by atoms with E-state index >= 15 is 0 Å². The van der Waals surface area contributed by atoms with E-state index in [0.717, 1.165) is 12.8 Å². The van der Waals surface area contributed by atoms with E-state index < -0.39 is 15.8 Å². The number of ether oxygens (including phenoxy) is 2. The molecular formula is C27H32N2O6S. The van der Waals surface area contributed by atoms with Crippen molar-refractivity contribution in [2.24, 2.45) is 0 Å². The molecule has 1 atom stereocenters. The van der Waals surface area contributed by atoms with Gasteiger partial charge in [0.2, 0.25) is 10.0 Å². The van der Waals surface area contributed by atoms with Gasteiger partial charge in [0.25, 0.3) is 5.91 Å². The summed E-state index contributed by atoms with van der Waals surface area (Å²) in [4.78, 5) is 13.1. The third-order valence-corrected chi connectivity index (χ3v) is 9.03. The lowest BCUT2D eigenvalue weighted by Crippen LogP contribution is -2.47. The van der Waals surface area contributed by atoms with Crippen LogP contribution in [0, 0.1) is 6.92 Å². The summed E-state index contributed by atoms with van der Waals surface area (Å²) in [6.07, 6.45) is 2.67. The molecule has 2 saturated heterocycles. The van der Waals surface area contributed by atoms with Crippen molar-refractivity contribution in [3.8, 4) is 0 Å². The second-order valence-electron chi connectivity index (χ2n) is 9.62. The number of aryl methyl sites for hydroxylation is 2. The molecule has 1 aromatic heterocycles. The molecule has 9 heteroatoms. The summed E-state index contributed by atoms with van der Waals surface area (Å²) in [5.74, 6) is -0.731. The highest BCUT2D eigenvalue weighted by molar-refractivity contribution is 7.89. The van der Waals surface area contributed by atoms with Gasteiger partial charge in [-0.1, -0.05) is 30.3 Å². The fraction of sp³-hybridized carbons (Fsp3) is 0.444. The molecule has 0 radical (unpaired) electrons. The van der Waals surface area contributed by atoms with Gasteiger partial charge >= 0.3 is 0 Å². The third kappa shape index (κ3) is 4.93. The van der Waals surface area contributed by atoms with Gasteiger partial charge < -0.3 is 19.2 Å². The van der Waals surface area contributed by atoms with Crippen molar-refractivity contribution in [3.05, 3.63) is 65.4 Å². The minimum atomic E-state index is -3.70. The molecule has 5 rings (SSSR count). The maximum atomic E-state index is 13.4. The molecule has 1 N–H and O–H groups in total. The monoisotopic (exact) mass is 512 g/mol. The number of carbonyl (C=O) groups is 1. The standard InChI is InChI=1S/C27H32N2O6S/c1-19(8-9-21-6-4-3-5-7-21)28-26(30)25-20(2)23-18-22(10-11-24(23)35-25)36(31,32)29-14-12-27(13-15-29)33-16-17-34-27/h3-7,10-11,18-19H,8-9,12-17H2,1-2H3,(H,28,30)/t19-/m0/s1. The number of amides is 1.